The van der Waals surface area contributed by atoms with Gasteiger partial charge in [-0.05, 0) is 31.2 Å². The molecule has 27 heavy (non-hydrogen) atoms. The number of furan rings is 2. The molecule has 1 atom stereocenters. The van der Waals surface area contributed by atoms with E-state index in [4.69, 9.17) is 13.6 Å². The van der Waals surface area contributed by atoms with Crippen molar-refractivity contribution in [1.29, 1.82) is 0 Å². The zero-order valence-corrected chi connectivity index (χ0v) is 15.1. The van der Waals surface area contributed by atoms with Crippen molar-refractivity contribution in [3.05, 3.63) is 60.6 Å². The highest BCUT2D eigenvalue weighted by molar-refractivity contribution is 6.07. The molecule has 4 rings (SSSR count). The number of fused-ring (bicyclic) bond motifs is 3. The fourth-order valence-electron chi connectivity index (χ4n) is 3.10. The van der Waals surface area contributed by atoms with Crippen LogP contribution in [0.1, 0.15) is 18.7 Å². The summed E-state index contributed by atoms with van der Waals surface area (Å²) in [5.41, 5.74) is 2.07. The number of nitrogens with one attached hydrogen (secondary N) is 2. The monoisotopic (exact) mass is 364 g/mol. The van der Waals surface area contributed by atoms with E-state index in [1.807, 2.05) is 49.4 Å². The fraction of sp³-hybridized carbons (Fsp3) is 0.190. The average molecular weight is 364 g/mol. The van der Waals surface area contributed by atoms with Crippen LogP contribution in [0.2, 0.25) is 0 Å². The molecule has 0 saturated heterocycles. The normalized spacial score (nSPS) is 12.4. The number of para-hydroxylation sites is 1. The van der Waals surface area contributed by atoms with Crippen LogP contribution in [0.4, 0.5) is 5.69 Å². The van der Waals surface area contributed by atoms with Crippen LogP contribution >= 0.6 is 0 Å². The number of carbonyl (C=O) groups is 1. The van der Waals surface area contributed by atoms with Crippen molar-refractivity contribution in [2.24, 2.45) is 0 Å². The molecule has 6 nitrogen and oxygen atoms in total. The van der Waals surface area contributed by atoms with Crippen LogP contribution in [0.3, 0.4) is 0 Å². The lowest BCUT2D eigenvalue weighted by molar-refractivity contribution is -0.115. The average Bonchev–Trinajstić information content (AvgIpc) is 3.33. The number of amides is 1. The van der Waals surface area contributed by atoms with Crippen molar-refractivity contribution in [2.75, 3.05) is 19.0 Å². The predicted octanol–water partition coefficient (Wildman–Crippen LogP) is 4.48. The molecule has 6 heteroatoms. The maximum Gasteiger partial charge on any atom is 0.238 e. The Balaban J connectivity index is 1.53. The summed E-state index contributed by atoms with van der Waals surface area (Å²) in [6, 6.07) is 15.1. The van der Waals surface area contributed by atoms with Gasteiger partial charge in [0.1, 0.15) is 22.7 Å². The van der Waals surface area contributed by atoms with E-state index in [-0.39, 0.29) is 18.5 Å². The van der Waals surface area contributed by atoms with Gasteiger partial charge in [-0.25, -0.2) is 0 Å². The van der Waals surface area contributed by atoms with Gasteiger partial charge in [-0.15, -0.1) is 0 Å². The lowest BCUT2D eigenvalue weighted by Gasteiger charge is -2.13. The first-order chi connectivity index (χ1) is 13.2. The quantitative estimate of drug-likeness (QED) is 0.528. The third kappa shape index (κ3) is 3.39. The molecular weight excluding hydrogens is 344 g/mol. The van der Waals surface area contributed by atoms with E-state index >= 15 is 0 Å². The third-order valence-corrected chi connectivity index (χ3v) is 4.51. The minimum absolute atomic E-state index is 0.0644. The highest BCUT2D eigenvalue weighted by Gasteiger charge is 2.15. The van der Waals surface area contributed by atoms with Crippen molar-refractivity contribution in [3.63, 3.8) is 0 Å². The lowest BCUT2D eigenvalue weighted by Crippen LogP contribution is -2.30. The number of ether oxygens (including phenoxy) is 1. The molecule has 1 amide bonds. The third-order valence-electron chi connectivity index (χ3n) is 4.51. The van der Waals surface area contributed by atoms with Gasteiger partial charge < -0.3 is 18.9 Å². The van der Waals surface area contributed by atoms with Gasteiger partial charge in [-0.1, -0.05) is 18.2 Å². The topological polar surface area (TPSA) is 76.6 Å². The first kappa shape index (κ1) is 17.2. The minimum atomic E-state index is -0.179. The van der Waals surface area contributed by atoms with E-state index in [1.165, 1.54) is 0 Å². The maximum atomic E-state index is 12.4. The second-order valence-corrected chi connectivity index (χ2v) is 6.31. The molecule has 138 valence electrons. The Kier molecular flexibility index (Phi) is 4.56. The number of rotatable bonds is 6. The molecule has 0 fully saturated rings. The molecule has 2 aromatic heterocycles. The van der Waals surface area contributed by atoms with Gasteiger partial charge in [-0.3, -0.25) is 10.1 Å². The van der Waals surface area contributed by atoms with Gasteiger partial charge in [0.05, 0.1) is 31.6 Å². The smallest absolute Gasteiger partial charge is 0.238 e. The summed E-state index contributed by atoms with van der Waals surface area (Å²) in [6.45, 7) is 2.08. The van der Waals surface area contributed by atoms with Crippen LogP contribution in [-0.4, -0.2) is 19.6 Å². The minimum Gasteiger partial charge on any atom is -0.495 e. The second kappa shape index (κ2) is 7.17. The van der Waals surface area contributed by atoms with E-state index in [9.17, 15) is 4.79 Å². The van der Waals surface area contributed by atoms with Crippen LogP contribution in [-0.2, 0) is 4.79 Å². The lowest BCUT2D eigenvalue weighted by atomic mass is 10.1. The van der Waals surface area contributed by atoms with Gasteiger partial charge in [-0.2, -0.15) is 0 Å². The molecule has 2 aromatic carbocycles. The Labute approximate surface area is 156 Å². The molecule has 0 unspecified atom stereocenters. The number of carbonyl (C=O) groups excluding carboxylic acids is 1. The SMILES string of the molecule is COc1cc2c(cc1NC(=O)CN[C@@H](C)c1ccco1)oc1ccccc12. The highest BCUT2D eigenvalue weighted by atomic mass is 16.5. The molecule has 0 aliphatic rings. The number of hydrogen-bond acceptors (Lipinski definition) is 5. The summed E-state index contributed by atoms with van der Waals surface area (Å²) in [6.07, 6.45) is 1.61. The van der Waals surface area contributed by atoms with Crippen LogP contribution < -0.4 is 15.4 Å². The molecular formula is C21H20N2O4. The van der Waals surface area contributed by atoms with Crippen molar-refractivity contribution < 1.29 is 18.4 Å². The largest absolute Gasteiger partial charge is 0.495 e. The van der Waals surface area contributed by atoms with E-state index in [1.54, 1.807) is 19.4 Å². The molecule has 0 aliphatic heterocycles. The van der Waals surface area contributed by atoms with Crippen LogP contribution in [0, 0.1) is 0 Å². The Morgan fingerprint density at radius 3 is 2.74 bits per heavy atom. The molecule has 2 heterocycles. The van der Waals surface area contributed by atoms with Crippen LogP contribution in [0.15, 0.2) is 63.6 Å². The first-order valence-electron chi connectivity index (χ1n) is 8.71. The Hall–Kier alpha value is -3.25. The number of anilines is 1. The number of hydrogen-bond donors (Lipinski definition) is 2. The van der Waals surface area contributed by atoms with Gasteiger partial charge in [0.15, 0.2) is 0 Å². The Morgan fingerprint density at radius 1 is 1.11 bits per heavy atom. The van der Waals surface area contributed by atoms with Crippen LogP contribution in [0.5, 0.6) is 5.75 Å². The number of benzene rings is 2. The second-order valence-electron chi connectivity index (χ2n) is 6.31. The Bertz CT molecular complexity index is 1080. The van der Waals surface area contributed by atoms with Gasteiger partial charge >= 0.3 is 0 Å². The number of methoxy groups -OCH3 is 1. The molecule has 0 bridgehead atoms. The molecule has 0 radical (unpaired) electrons. The van der Waals surface area contributed by atoms with Crippen LogP contribution in [0.25, 0.3) is 21.9 Å². The highest BCUT2D eigenvalue weighted by Crippen LogP contribution is 2.36. The summed E-state index contributed by atoms with van der Waals surface area (Å²) in [5.74, 6) is 1.19. The summed E-state index contributed by atoms with van der Waals surface area (Å²) >= 11 is 0. The summed E-state index contributed by atoms with van der Waals surface area (Å²) < 4.78 is 16.7. The van der Waals surface area contributed by atoms with E-state index in [0.717, 1.165) is 22.1 Å². The molecule has 0 aliphatic carbocycles. The molecule has 2 N–H and O–H groups in total. The van der Waals surface area contributed by atoms with Gasteiger partial charge in [0, 0.05) is 16.8 Å². The summed E-state index contributed by atoms with van der Waals surface area (Å²) in [4.78, 5) is 12.4. The zero-order chi connectivity index (χ0) is 18.8. The van der Waals surface area contributed by atoms with Crippen molar-refractivity contribution in [3.8, 4) is 5.75 Å². The van der Waals surface area contributed by atoms with E-state index < -0.39 is 0 Å². The fourth-order valence-corrected chi connectivity index (χ4v) is 3.10. The van der Waals surface area contributed by atoms with Crippen molar-refractivity contribution in [2.45, 2.75) is 13.0 Å². The Morgan fingerprint density at radius 2 is 1.96 bits per heavy atom. The summed E-state index contributed by atoms with van der Waals surface area (Å²) in [5, 5.41) is 7.97. The van der Waals surface area contributed by atoms with E-state index in [0.29, 0.717) is 17.0 Å². The molecule has 0 saturated carbocycles. The van der Waals surface area contributed by atoms with Crippen molar-refractivity contribution >= 4 is 33.5 Å². The van der Waals surface area contributed by atoms with E-state index in [2.05, 4.69) is 10.6 Å². The molecule has 0 spiro atoms. The van der Waals surface area contributed by atoms with Gasteiger partial charge in [0.2, 0.25) is 5.91 Å². The maximum absolute atomic E-state index is 12.4. The summed E-state index contributed by atoms with van der Waals surface area (Å²) in [7, 11) is 1.58. The first-order valence-corrected chi connectivity index (χ1v) is 8.71. The molecule has 4 aromatic rings. The zero-order valence-electron chi connectivity index (χ0n) is 15.1. The van der Waals surface area contributed by atoms with Gasteiger partial charge in [0.25, 0.3) is 0 Å². The van der Waals surface area contributed by atoms with Crippen molar-refractivity contribution in [1.82, 2.24) is 5.32 Å². The standard InChI is InChI=1S/C21H20N2O4/c1-13(17-8-5-9-26-17)22-12-21(24)23-16-11-19-15(10-20(16)25-2)14-6-3-4-7-18(14)27-19/h3-11,13,22H,12H2,1-2H3,(H,23,24)/t13-/m0/s1. The predicted molar refractivity (Wildman–Crippen MR) is 104 cm³/mol.